The van der Waals surface area contributed by atoms with Gasteiger partial charge in [-0.2, -0.15) is 0 Å². The number of hydrogen-bond acceptors (Lipinski definition) is 6. The van der Waals surface area contributed by atoms with Crippen molar-refractivity contribution in [2.75, 3.05) is 6.61 Å². The van der Waals surface area contributed by atoms with Crippen LogP contribution in [0.4, 0.5) is 0 Å². The molecule has 166 valence electrons. The molecule has 30 heavy (non-hydrogen) atoms. The van der Waals surface area contributed by atoms with Crippen LogP contribution >= 0.6 is 0 Å². The number of fused-ring (bicyclic) bond motifs is 1. The largest absolute Gasteiger partial charge is 0.490 e. The number of hydrogen-bond donors (Lipinski definition) is 2. The molecule has 8 heteroatoms. The van der Waals surface area contributed by atoms with Crippen LogP contribution in [0.15, 0.2) is 17.6 Å². The standard InChI is InChI=1S/C22H35BN2O5/c1-19(2,26)13-28-18-10-17(25(7)24-18)22(27)11-14-8-16(9-15(14)12-22)23-29-20(3,4)21(5,6)30-23/h8,10,14-15,26-27H,9,11-13H2,1-7H3/t14?,15?,22-/m1/s1. The molecule has 1 aromatic heterocycles. The maximum absolute atomic E-state index is 11.5. The fourth-order valence-corrected chi connectivity index (χ4v) is 4.87. The molecule has 0 aromatic carbocycles. The van der Waals surface area contributed by atoms with Crippen LogP contribution < -0.4 is 4.74 Å². The van der Waals surface area contributed by atoms with Gasteiger partial charge in [0.15, 0.2) is 0 Å². The van der Waals surface area contributed by atoms with Gasteiger partial charge >= 0.3 is 7.12 Å². The van der Waals surface area contributed by atoms with Crippen LogP contribution in [0, 0.1) is 11.8 Å². The van der Waals surface area contributed by atoms with E-state index < -0.39 is 11.2 Å². The summed E-state index contributed by atoms with van der Waals surface area (Å²) in [5.41, 5.74) is -0.603. The van der Waals surface area contributed by atoms with Crippen molar-refractivity contribution < 1.29 is 24.3 Å². The monoisotopic (exact) mass is 418 g/mol. The summed E-state index contributed by atoms with van der Waals surface area (Å²) in [6, 6.07) is 1.80. The zero-order chi connectivity index (χ0) is 22.1. The molecular formula is C22H35BN2O5. The number of allylic oxidation sites excluding steroid dienone is 2. The number of rotatable bonds is 5. The molecule has 1 saturated carbocycles. The van der Waals surface area contributed by atoms with E-state index in [-0.39, 0.29) is 24.9 Å². The molecule has 0 radical (unpaired) electrons. The van der Waals surface area contributed by atoms with Gasteiger partial charge in [-0.1, -0.05) is 6.08 Å². The lowest BCUT2D eigenvalue weighted by molar-refractivity contribution is 0.00578. The van der Waals surface area contributed by atoms with E-state index in [1.54, 1.807) is 24.6 Å². The molecule has 7 nitrogen and oxygen atoms in total. The first kappa shape index (κ1) is 21.9. The van der Waals surface area contributed by atoms with E-state index in [2.05, 4.69) is 38.9 Å². The fraction of sp³-hybridized carbons (Fsp3) is 0.773. The Balaban J connectivity index is 1.46. The summed E-state index contributed by atoms with van der Waals surface area (Å²) in [4.78, 5) is 0. The molecule has 0 amide bonds. The number of nitrogens with zero attached hydrogens (tertiary/aromatic N) is 2. The maximum Gasteiger partial charge on any atom is 0.490 e. The molecular weight excluding hydrogens is 383 g/mol. The van der Waals surface area contributed by atoms with Gasteiger partial charge in [-0.3, -0.25) is 4.68 Å². The van der Waals surface area contributed by atoms with Crippen molar-refractivity contribution >= 4 is 7.12 Å². The van der Waals surface area contributed by atoms with Crippen molar-refractivity contribution in [3.8, 4) is 5.88 Å². The number of aryl methyl sites for hydroxylation is 1. The first-order valence-electron chi connectivity index (χ1n) is 10.9. The molecule has 2 fully saturated rings. The van der Waals surface area contributed by atoms with Gasteiger partial charge in [-0.05, 0) is 78.1 Å². The lowest BCUT2D eigenvalue weighted by Gasteiger charge is -2.32. The molecule has 0 bridgehead atoms. The Bertz CT molecular complexity index is 840. The minimum Gasteiger partial charge on any atom is -0.474 e. The Morgan fingerprint density at radius 2 is 1.87 bits per heavy atom. The normalized spacial score (nSPS) is 32.4. The lowest BCUT2D eigenvalue weighted by atomic mass is 9.76. The van der Waals surface area contributed by atoms with E-state index in [1.165, 1.54) is 5.47 Å². The SMILES string of the molecule is Cn1nc(OCC(C)(C)O)cc1[C@@]1(O)CC2C=C(B3OC(C)(C)C(C)(C)O3)CC2C1. The first-order chi connectivity index (χ1) is 13.7. The van der Waals surface area contributed by atoms with Gasteiger partial charge in [0.25, 0.3) is 0 Å². The predicted octanol–water partition coefficient (Wildman–Crippen LogP) is 2.75. The zero-order valence-electron chi connectivity index (χ0n) is 19.2. The molecule has 3 atom stereocenters. The fourth-order valence-electron chi connectivity index (χ4n) is 4.87. The minimum atomic E-state index is -0.939. The molecule has 2 N–H and O–H groups in total. The van der Waals surface area contributed by atoms with Crippen LogP contribution in [-0.2, 0) is 22.0 Å². The van der Waals surface area contributed by atoms with Crippen molar-refractivity contribution in [2.24, 2.45) is 18.9 Å². The summed E-state index contributed by atoms with van der Waals surface area (Å²) >= 11 is 0. The second-order valence-electron chi connectivity index (χ2n) is 11.0. The van der Waals surface area contributed by atoms with E-state index in [0.29, 0.717) is 30.6 Å². The highest BCUT2D eigenvalue weighted by Crippen LogP contribution is 2.53. The molecule has 2 aliphatic carbocycles. The van der Waals surface area contributed by atoms with E-state index >= 15 is 0 Å². The average molecular weight is 418 g/mol. The lowest BCUT2D eigenvalue weighted by Crippen LogP contribution is -2.41. The van der Waals surface area contributed by atoms with Gasteiger partial charge in [0, 0.05) is 13.1 Å². The Morgan fingerprint density at radius 3 is 2.43 bits per heavy atom. The van der Waals surface area contributed by atoms with Crippen LogP contribution in [0.1, 0.15) is 66.5 Å². The van der Waals surface area contributed by atoms with Gasteiger partial charge in [-0.25, -0.2) is 0 Å². The van der Waals surface area contributed by atoms with Crippen molar-refractivity contribution in [3.05, 3.63) is 23.3 Å². The van der Waals surface area contributed by atoms with Gasteiger partial charge in [0.05, 0.1) is 22.5 Å². The first-order valence-corrected chi connectivity index (χ1v) is 10.9. The third-order valence-electron chi connectivity index (χ3n) is 7.17. The zero-order valence-corrected chi connectivity index (χ0v) is 19.2. The quantitative estimate of drug-likeness (QED) is 0.716. The van der Waals surface area contributed by atoms with Crippen LogP contribution in [0.5, 0.6) is 5.88 Å². The second-order valence-corrected chi connectivity index (χ2v) is 11.0. The van der Waals surface area contributed by atoms with E-state index in [0.717, 1.165) is 12.1 Å². The number of aliphatic hydroxyl groups is 2. The van der Waals surface area contributed by atoms with Crippen molar-refractivity contribution in [2.45, 2.75) is 83.2 Å². The van der Waals surface area contributed by atoms with Crippen LogP contribution in [0.2, 0.25) is 0 Å². The summed E-state index contributed by atoms with van der Waals surface area (Å²) in [6.07, 6.45) is 4.45. The molecule has 4 rings (SSSR count). The Hall–Kier alpha value is -1.35. The van der Waals surface area contributed by atoms with Crippen molar-refractivity contribution in [1.29, 1.82) is 0 Å². The minimum absolute atomic E-state index is 0.146. The Kier molecular flexibility index (Phi) is 4.98. The second kappa shape index (κ2) is 6.83. The highest BCUT2D eigenvalue weighted by atomic mass is 16.7. The van der Waals surface area contributed by atoms with Gasteiger partial charge in [0.1, 0.15) is 12.2 Å². The summed E-state index contributed by atoms with van der Waals surface area (Å²) in [5, 5.41) is 25.7. The summed E-state index contributed by atoms with van der Waals surface area (Å²) in [5.74, 6) is 1.08. The number of ether oxygens (including phenoxy) is 1. The molecule has 1 aromatic rings. The molecule has 1 aliphatic heterocycles. The van der Waals surface area contributed by atoms with Gasteiger partial charge in [-0.15, -0.1) is 5.10 Å². The van der Waals surface area contributed by atoms with E-state index in [1.807, 2.05) is 7.05 Å². The third-order valence-corrected chi connectivity index (χ3v) is 7.17. The average Bonchev–Trinajstić information content (AvgIpc) is 3.26. The summed E-state index contributed by atoms with van der Waals surface area (Å²) in [6.45, 7) is 11.8. The van der Waals surface area contributed by atoms with Crippen LogP contribution in [-0.4, -0.2) is 50.5 Å². The van der Waals surface area contributed by atoms with Gasteiger partial charge < -0.3 is 24.3 Å². The van der Waals surface area contributed by atoms with Crippen molar-refractivity contribution in [1.82, 2.24) is 9.78 Å². The smallest absolute Gasteiger partial charge is 0.474 e. The van der Waals surface area contributed by atoms with Gasteiger partial charge in [0.2, 0.25) is 5.88 Å². The topological polar surface area (TPSA) is 86.0 Å². The summed E-state index contributed by atoms with van der Waals surface area (Å²) in [7, 11) is 1.52. The Labute approximate surface area is 179 Å². The third kappa shape index (κ3) is 3.83. The van der Waals surface area contributed by atoms with E-state index in [9.17, 15) is 10.2 Å². The van der Waals surface area contributed by atoms with Crippen molar-refractivity contribution in [3.63, 3.8) is 0 Å². The predicted molar refractivity (Wildman–Crippen MR) is 114 cm³/mol. The molecule has 2 unspecified atom stereocenters. The number of aromatic nitrogens is 2. The highest BCUT2D eigenvalue weighted by molar-refractivity contribution is 6.54. The van der Waals surface area contributed by atoms with Crippen LogP contribution in [0.3, 0.4) is 0 Å². The highest BCUT2D eigenvalue weighted by Gasteiger charge is 2.55. The molecule has 2 heterocycles. The Morgan fingerprint density at radius 1 is 1.23 bits per heavy atom. The molecule has 1 saturated heterocycles. The molecule has 3 aliphatic rings. The maximum atomic E-state index is 11.5. The summed E-state index contributed by atoms with van der Waals surface area (Å²) < 4.78 is 19.8. The van der Waals surface area contributed by atoms with E-state index in [4.69, 9.17) is 14.0 Å². The molecule has 0 spiro atoms. The van der Waals surface area contributed by atoms with Crippen LogP contribution in [0.25, 0.3) is 0 Å².